The molecule has 0 aromatic carbocycles. The number of nitrogens with one attached hydrogen (secondary N) is 1. The largest absolute Gasteiger partial charge is 0.370 e. The summed E-state index contributed by atoms with van der Waals surface area (Å²) in [6, 6.07) is 1.92. The van der Waals surface area contributed by atoms with E-state index in [0.29, 0.717) is 16.6 Å². The molecule has 0 spiro atoms. The Hall–Kier alpha value is -1.73. The van der Waals surface area contributed by atoms with Crippen molar-refractivity contribution in [2.24, 2.45) is 5.73 Å². The Labute approximate surface area is 118 Å². The first kappa shape index (κ1) is 13.7. The van der Waals surface area contributed by atoms with Crippen molar-refractivity contribution in [3.63, 3.8) is 0 Å². The number of nitrogens with two attached hydrogens (primary N) is 1. The van der Waals surface area contributed by atoms with Gasteiger partial charge in [-0.05, 0) is 23.9 Å². The Balaban J connectivity index is 2.03. The van der Waals surface area contributed by atoms with Crippen molar-refractivity contribution in [3.8, 4) is 0 Å². The predicted octanol–water partition coefficient (Wildman–Crippen LogP) is 2.03. The van der Waals surface area contributed by atoms with E-state index < -0.39 is 0 Å². The molecule has 0 aliphatic rings. The molecule has 100 valence electrons. The van der Waals surface area contributed by atoms with Crippen LogP contribution >= 0.6 is 22.7 Å². The van der Waals surface area contributed by atoms with E-state index in [1.54, 1.807) is 6.20 Å². The number of hydrogen-bond acceptors (Lipinski definition) is 6. The summed E-state index contributed by atoms with van der Waals surface area (Å²) in [5, 5.41) is 5.49. The standard InChI is InChI=1S/C12H13N3O2S2/c1-7-3-5-18-11(7)10(17)8-6-15-12(19-8)14-4-2-9(13)16/h3,5-6H,2,4H2,1H3,(H2,13,16)(H,14,15). The van der Waals surface area contributed by atoms with Gasteiger partial charge in [-0.15, -0.1) is 11.3 Å². The molecule has 2 aromatic heterocycles. The maximum absolute atomic E-state index is 12.2. The zero-order chi connectivity index (χ0) is 13.8. The van der Waals surface area contributed by atoms with E-state index in [1.165, 1.54) is 22.7 Å². The van der Waals surface area contributed by atoms with E-state index in [4.69, 9.17) is 5.73 Å². The SMILES string of the molecule is Cc1ccsc1C(=O)c1cnc(NCCC(N)=O)s1. The van der Waals surface area contributed by atoms with Crippen LogP contribution in [0.1, 0.15) is 26.5 Å². The number of carbonyl (C=O) groups excluding carboxylic acids is 2. The third kappa shape index (κ3) is 3.39. The molecule has 0 aliphatic carbocycles. The molecular weight excluding hydrogens is 282 g/mol. The summed E-state index contributed by atoms with van der Waals surface area (Å²) in [6.45, 7) is 2.34. The highest BCUT2D eigenvalue weighted by molar-refractivity contribution is 7.19. The Morgan fingerprint density at radius 2 is 2.26 bits per heavy atom. The van der Waals surface area contributed by atoms with E-state index in [0.717, 1.165) is 10.4 Å². The number of carbonyl (C=O) groups is 2. The van der Waals surface area contributed by atoms with Gasteiger partial charge < -0.3 is 11.1 Å². The van der Waals surface area contributed by atoms with Crippen molar-refractivity contribution in [3.05, 3.63) is 33.0 Å². The van der Waals surface area contributed by atoms with Gasteiger partial charge in [-0.3, -0.25) is 9.59 Å². The molecule has 0 fully saturated rings. The highest BCUT2D eigenvalue weighted by Crippen LogP contribution is 2.25. The van der Waals surface area contributed by atoms with Crippen molar-refractivity contribution < 1.29 is 9.59 Å². The average Bonchev–Trinajstić information content (AvgIpc) is 2.97. The Morgan fingerprint density at radius 1 is 1.47 bits per heavy atom. The lowest BCUT2D eigenvalue weighted by Gasteiger charge is -1.98. The van der Waals surface area contributed by atoms with Gasteiger partial charge in [-0.2, -0.15) is 0 Å². The molecule has 3 N–H and O–H groups in total. The first-order valence-electron chi connectivity index (χ1n) is 5.64. The molecule has 2 heterocycles. The van der Waals surface area contributed by atoms with Crippen LogP contribution < -0.4 is 11.1 Å². The fourth-order valence-electron chi connectivity index (χ4n) is 1.47. The van der Waals surface area contributed by atoms with Crippen molar-refractivity contribution in [2.75, 3.05) is 11.9 Å². The molecule has 2 aromatic rings. The van der Waals surface area contributed by atoms with Gasteiger partial charge in [0, 0.05) is 13.0 Å². The number of amides is 1. The Bertz CT molecular complexity index is 604. The fourth-order valence-corrected chi connectivity index (χ4v) is 3.20. The lowest BCUT2D eigenvalue weighted by molar-refractivity contribution is -0.117. The number of rotatable bonds is 6. The third-order valence-electron chi connectivity index (χ3n) is 2.45. The van der Waals surface area contributed by atoms with Gasteiger partial charge in [0.1, 0.15) is 0 Å². The number of hydrogen-bond donors (Lipinski definition) is 2. The maximum Gasteiger partial charge on any atom is 0.219 e. The van der Waals surface area contributed by atoms with Crippen LogP contribution in [0.5, 0.6) is 0 Å². The number of thiophene rings is 1. The van der Waals surface area contributed by atoms with Crippen LogP contribution in [0, 0.1) is 6.92 Å². The number of aromatic nitrogens is 1. The lowest BCUT2D eigenvalue weighted by Crippen LogP contribution is -2.15. The molecule has 0 saturated heterocycles. The second-order valence-electron chi connectivity index (χ2n) is 3.93. The Morgan fingerprint density at radius 3 is 2.89 bits per heavy atom. The second kappa shape index (κ2) is 5.94. The molecule has 0 unspecified atom stereocenters. The molecule has 5 nitrogen and oxygen atoms in total. The molecule has 19 heavy (non-hydrogen) atoms. The third-order valence-corrected chi connectivity index (χ3v) is 4.41. The quantitative estimate of drug-likeness (QED) is 0.799. The van der Waals surface area contributed by atoms with Gasteiger partial charge in [0.05, 0.1) is 16.0 Å². The van der Waals surface area contributed by atoms with Crippen LogP contribution in [-0.2, 0) is 4.79 Å². The minimum absolute atomic E-state index is 0.00653. The van der Waals surface area contributed by atoms with Crippen LogP contribution in [0.15, 0.2) is 17.6 Å². The molecule has 0 bridgehead atoms. The van der Waals surface area contributed by atoms with Gasteiger partial charge in [0.25, 0.3) is 0 Å². The number of ketones is 1. The summed E-state index contributed by atoms with van der Waals surface area (Å²) < 4.78 is 0. The number of primary amides is 1. The first-order valence-corrected chi connectivity index (χ1v) is 7.34. The normalized spacial score (nSPS) is 10.4. The van der Waals surface area contributed by atoms with Crippen molar-refractivity contribution in [1.82, 2.24) is 4.98 Å². The minimum atomic E-state index is -0.366. The number of anilines is 1. The van der Waals surface area contributed by atoms with Crippen LogP contribution in [-0.4, -0.2) is 23.2 Å². The minimum Gasteiger partial charge on any atom is -0.370 e. The van der Waals surface area contributed by atoms with Crippen LogP contribution in [0.2, 0.25) is 0 Å². The second-order valence-corrected chi connectivity index (χ2v) is 5.88. The molecule has 2 rings (SSSR count). The molecule has 1 amide bonds. The van der Waals surface area contributed by atoms with Crippen LogP contribution in [0.25, 0.3) is 0 Å². The monoisotopic (exact) mass is 295 g/mol. The highest BCUT2D eigenvalue weighted by Gasteiger charge is 2.16. The molecule has 7 heteroatoms. The predicted molar refractivity (Wildman–Crippen MR) is 76.9 cm³/mol. The number of aryl methyl sites for hydroxylation is 1. The molecule has 0 radical (unpaired) electrons. The van der Waals surface area contributed by atoms with Gasteiger partial charge in [0.2, 0.25) is 11.7 Å². The Kier molecular flexibility index (Phi) is 4.28. The van der Waals surface area contributed by atoms with Gasteiger partial charge >= 0.3 is 0 Å². The van der Waals surface area contributed by atoms with Crippen molar-refractivity contribution in [2.45, 2.75) is 13.3 Å². The number of nitrogens with zero attached hydrogens (tertiary/aromatic N) is 1. The summed E-state index contributed by atoms with van der Waals surface area (Å²) in [6.07, 6.45) is 1.80. The number of thiazole rings is 1. The molecule has 0 saturated carbocycles. The molecule has 0 atom stereocenters. The smallest absolute Gasteiger partial charge is 0.219 e. The van der Waals surface area contributed by atoms with E-state index in [-0.39, 0.29) is 18.1 Å². The summed E-state index contributed by atoms with van der Waals surface area (Å²) in [7, 11) is 0. The summed E-state index contributed by atoms with van der Waals surface area (Å²) >= 11 is 2.71. The molecular formula is C12H13N3O2S2. The zero-order valence-electron chi connectivity index (χ0n) is 10.3. The van der Waals surface area contributed by atoms with Gasteiger partial charge in [0.15, 0.2) is 5.13 Å². The van der Waals surface area contributed by atoms with Gasteiger partial charge in [-0.1, -0.05) is 11.3 Å². The van der Waals surface area contributed by atoms with E-state index in [1.807, 2.05) is 18.4 Å². The van der Waals surface area contributed by atoms with E-state index in [2.05, 4.69) is 10.3 Å². The van der Waals surface area contributed by atoms with Gasteiger partial charge in [-0.25, -0.2) is 4.98 Å². The summed E-state index contributed by atoms with van der Waals surface area (Å²) in [4.78, 5) is 28.3. The average molecular weight is 295 g/mol. The fraction of sp³-hybridized carbons (Fsp3) is 0.250. The highest BCUT2D eigenvalue weighted by atomic mass is 32.1. The van der Waals surface area contributed by atoms with Crippen molar-refractivity contribution >= 4 is 39.5 Å². The van der Waals surface area contributed by atoms with Crippen LogP contribution in [0.3, 0.4) is 0 Å². The van der Waals surface area contributed by atoms with E-state index in [9.17, 15) is 9.59 Å². The topological polar surface area (TPSA) is 85.1 Å². The van der Waals surface area contributed by atoms with E-state index >= 15 is 0 Å². The zero-order valence-corrected chi connectivity index (χ0v) is 11.9. The summed E-state index contributed by atoms with van der Waals surface area (Å²) in [5.74, 6) is -0.373. The van der Waals surface area contributed by atoms with Crippen LogP contribution in [0.4, 0.5) is 5.13 Å². The molecule has 0 aliphatic heterocycles. The lowest BCUT2D eigenvalue weighted by atomic mass is 10.2. The first-order chi connectivity index (χ1) is 9.08. The van der Waals surface area contributed by atoms with Crippen molar-refractivity contribution in [1.29, 1.82) is 0 Å². The maximum atomic E-state index is 12.2. The summed E-state index contributed by atoms with van der Waals surface area (Å²) in [5.41, 5.74) is 6.02.